The van der Waals surface area contributed by atoms with Crippen molar-refractivity contribution in [1.82, 2.24) is 14.3 Å². The highest BCUT2D eigenvalue weighted by Gasteiger charge is 2.17. The van der Waals surface area contributed by atoms with Gasteiger partial charge in [0.2, 0.25) is 0 Å². The lowest BCUT2D eigenvalue weighted by Crippen LogP contribution is -2.30. The fourth-order valence-electron chi connectivity index (χ4n) is 3.76. The van der Waals surface area contributed by atoms with Gasteiger partial charge in [0, 0.05) is 11.4 Å². The van der Waals surface area contributed by atoms with E-state index in [-0.39, 0.29) is 11.1 Å². The Morgan fingerprint density at radius 2 is 1.79 bits per heavy atom. The van der Waals surface area contributed by atoms with Crippen LogP contribution >= 0.6 is 11.6 Å². The van der Waals surface area contributed by atoms with Crippen LogP contribution < -0.4 is 10.9 Å². The van der Waals surface area contributed by atoms with Gasteiger partial charge in [-0.2, -0.15) is 9.94 Å². The molecule has 0 atom stereocenters. The van der Waals surface area contributed by atoms with Gasteiger partial charge >= 0.3 is 0 Å². The van der Waals surface area contributed by atoms with Gasteiger partial charge in [-0.15, -0.1) is 0 Å². The van der Waals surface area contributed by atoms with Crippen LogP contribution in [0.1, 0.15) is 22.8 Å². The van der Waals surface area contributed by atoms with Crippen LogP contribution in [0.15, 0.2) is 65.0 Å². The Morgan fingerprint density at radius 3 is 2.52 bits per heavy atom. The average Bonchev–Trinajstić information content (AvgIpc) is 3.06. The number of benzene rings is 2. The number of carbonyl (C=O) groups is 1. The molecule has 0 saturated carbocycles. The Hall–Kier alpha value is -4.15. The molecule has 0 bridgehead atoms. The zero-order chi connectivity index (χ0) is 23.7. The maximum absolute atomic E-state index is 13.2. The second kappa shape index (κ2) is 8.77. The van der Waals surface area contributed by atoms with E-state index in [4.69, 9.17) is 11.6 Å². The first-order valence-electron chi connectivity index (χ1n) is 10.2. The first-order valence-corrected chi connectivity index (χ1v) is 10.5. The number of carbonyl (C=O) groups excluding carboxylic acids is 1. The standard InChI is InChI=1S/C25H20ClN5O2/c1-15-12-18(13-19(14-27)24(32)29-23-11-7-5-9-21(23)26)16(2)30(15)31-17(3)28-22-10-6-4-8-20(22)25(31)33/h4-13H,1-3H3,(H,29,32). The number of rotatable bonds is 4. The van der Waals surface area contributed by atoms with Crippen LogP contribution in [-0.4, -0.2) is 20.2 Å². The van der Waals surface area contributed by atoms with Crippen molar-refractivity contribution in [1.29, 1.82) is 5.26 Å². The summed E-state index contributed by atoms with van der Waals surface area (Å²) in [5, 5.41) is 13.1. The van der Waals surface area contributed by atoms with Crippen LogP contribution in [0.4, 0.5) is 5.69 Å². The number of amides is 1. The molecule has 0 radical (unpaired) electrons. The molecule has 164 valence electrons. The highest BCUT2D eigenvalue weighted by molar-refractivity contribution is 6.34. The third-order valence-electron chi connectivity index (χ3n) is 5.34. The third kappa shape index (κ3) is 4.04. The van der Waals surface area contributed by atoms with Gasteiger partial charge in [-0.05, 0) is 62.7 Å². The van der Waals surface area contributed by atoms with Crippen molar-refractivity contribution < 1.29 is 4.79 Å². The summed E-state index contributed by atoms with van der Waals surface area (Å²) in [5.74, 6) is -0.0517. The second-order valence-corrected chi connectivity index (χ2v) is 7.94. The molecule has 1 amide bonds. The predicted molar refractivity (Wildman–Crippen MR) is 129 cm³/mol. The highest BCUT2D eigenvalue weighted by Crippen LogP contribution is 2.23. The molecule has 0 aliphatic carbocycles. The number of hydrogen-bond acceptors (Lipinski definition) is 4. The number of anilines is 1. The molecular formula is C25H20ClN5O2. The fourth-order valence-corrected chi connectivity index (χ4v) is 3.94. The van der Waals surface area contributed by atoms with Crippen molar-refractivity contribution in [2.45, 2.75) is 20.8 Å². The van der Waals surface area contributed by atoms with Crippen molar-refractivity contribution in [2.24, 2.45) is 0 Å². The van der Waals surface area contributed by atoms with Crippen LogP contribution in [0.3, 0.4) is 0 Å². The minimum atomic E-state index is -0.573. The van der Waals surface area contributed by atoms with Crippen LogP contribution in [0.5, 0.6) is 0 Å². The molecular weight excluding hydrogens is 438 g/mol. The Balaban J connectivity index is 1.78. The lowest BCUT2D eigenvalue weighted by Gasteiger charge is -2.16. The van der Waals surface area contributed by atoms with Gasteiger partial charge < -0.3 is 5.32 Å². The van der Waals surface area contributed by atoms with Crippen LogP contribution in [0.25, 0.3) is 17.0 Å². The number of fused-ring (bicyclic) bond motifs is 1. The summed E-state index contributed by atoms with van der Waals surface area (Å²) < 4.78 is 3.24. The molecule has 0 unspecified atom stereocenters. The van der Waals surface area contributed by atoms with E-state index in [0.29, 0.717) is 38.7 Å². The molecule has 2 aromatic heterocycles. The lowest BCUT2D eigenvalue weighted by molar-refractivity contribution is -0.112. The Labute approximate surface area is 195 Å². The number of aryl methyl sites for hydroxylation is 2. The van der Waals surface area contributed by atoms with Crippen molar-refractivity contribution in [3.8, 4) is 6.07 Å². The number of nitriles is 1. The van der Waals surface area contributed by atoms with Crippen molar-refractivity contribution in [2.75, 3.05) is 5.32 Å². The van der Waals surface area contributed by atoms with Crippen molar-refractivity contribution in [3.05, 3.63) is 98.3 Å². The number of halogens is 1. The van der Waals surface area contributed by atoms with Gasteiger partial charge in [0.15, 0.2) is 0 Å². The van der Waals surface area contributed by atoms with Gasteiger partial charge in [0.1, 0.15) is 17.5 Å². The first kappa shape index (κ1) is 22.1. The summed E-state index contributed by atoms with van der Waals surface area (Å²) in [4.78, 5) is 30.5. The second-order valence-electron chi connectivity index (χ2n) is 7.54. The predicted octanol–water partition coefficient (Wildman–Crippen LogP) is 4.63. The Bertz CT molecular complexity index is 1540. The molecule has 0 aliphatic heterocycles. The van der Waals surface area contributed by atoms with Gasteiger partial charge in [0.25, 0.3) is 11.5 Å². The van der Waals surface area contributed by atoms with Gasteiger partial charge in [-0.25, -0.2) is 4.98 Å². The topological polar surface area (TPSA) is 92.7 Å². The normalized spacial score (nSPS) is 11.4. The smallest absolute Gasteiger partial charge is 0.280 e. The molecule has 4 aromatic rings. The van der Waals surface area contributed by atoms with Crippen LogP contribution in [0, 0.1) is 32.1 Å². The Kier molecular flexibility index (Phi) is 5.86. The molecule has 33 heavy (non-hydrogen) atoms. The molecule has 7 nitrogen and oxygen atoms in total. The summed E-state index contributed by atoms with van der Waals surface area (Å²) in [7, 11) is 0. The monoisotopic (exact) mass is 457 g/mol. The van der Waals surface area contributed by atoms with Gasteiger partial charge in [0.05, 0.1) is 21.6 Å². The quantitative estimate of drug-likeness (QED) is 0.357. The minimum absolute atomic E-state index is 0.0872. The van der Waals surface area contributed by atoms with E-state index in [9.17, 15) is 14.9 Å². The van der Waals surface area contributed by atoms with E-state index in [0.717, 1.165) is 5.69 Å². The van der Waals surface area contributed by atoms with E-state index in [1.165, 1.54) is 10.8 Å². The van der Waals surface area contributed by atoms with E-state index in [1.54, 1.807) is 54.1 Å². The number of hydrogen-bond donors (Lipinski definition) is 1. The molecule has 0 saturated heterocycles. The highest BCUT2D eigenvalue weighted by atomic mass is 35.5. The largest absolute Gasteiger partial charge is 0.320 e. The lowest BCUT2D eigenvalue weighted by atomic mass is 10.1. The summed E-state index contributed by atoms with van der Waals surface area (Å²) >= 11 is 6.11. The molecule has 8 heteroatoms. The molecule has 0 spiro atoms. The summed E-state index contributed by atoms with van der Waals surface area (Å²) in [6.07, 6.45) is 1.50. The van der Waals surface area contributed by atoms with E-state index in [2.05, 4.69) is 10.3 Å². The Morgan fingerprint density at radius 1 is 1.09 bits per heavy atom. The van der Waals surface area contributed by atoms with Crippen molar-refractivity contribution >= 4 is 40.2 Å². The third-order valence-corrected chi connectivity index (χ3v) is 5.67. The molecule has 0 aliphatic rings. The van der Waals surface area contributed by atoms with Crippen LogP contribution in [-0.2, 0) is 4.79 Å². The van der Waals surface area contributed by atoms with E-state index in [1.807, 2.05) is 32.0 Å². The number of para-hydroxylation sites is 2. The SMILES string of the molecule is Cc1cc(C=C(C#N)C(=O)Nc2ccccc2Cl)c(C)n1-n1c(C)nc2ccccc2c1=O. The molecule has 2 aromatic carbocycles. The summed E-state index contributed by atoms with van der Waals surface area (Å²) in [6, 6.07) is 17.7. The van der Waals surface area contributed by atoms with Crippen LogP contribution in [0.2, 0.25) is 5.02 Å². The number of nitrogens with one attached hydrogen (secondary N) is 1. The summed E-state index contributed by atoms with van der Waals surface area (Å²) in [5.41, 5.74) is 2.83. The number of nitrogens with zero attached hydrogens (tertiary/aromatic N) is 4. The average molecular weight is 458 g/mol. The minimum Gasteiger partial charge on any atom is -0.320 e. The maximum atomic E-state index is 13.2. The molecule has 1 N–H and O–H groups in total. The summed E-state index contributed by atoms with van der Waals surface area (Å²) in [6.45, 7) is 5.43. The van der Waals surface area contributed by atoms with Crippen molar-refractivity contribution in [3.63, 3.8) is 0 Å². The first-order chi connectivity index (χ1) is 15.8. The zero-order valence-corrected chi connectivity index (χ0v) is 19.0. The molecule has 4 rings (SSSR count). The van der Waals surface area contributed by atoms with Gasteiger partial charge in [-0.1, -0.05) is 35.9 Å². The maximum Gasteiger partial charge on any atom is 0.280 e. The fraction of sp³-hybridized carbons (Fsp3) is 0.120. The van der Waals surface area contributed by atoms with E-state index >= 15 is 0 Å². The molecule has 0 fully saturated rings. The van der Waals surface area contributed by atoms with E-state index < -0.39 is 5.91 Å². The zero-order valence-electron chi connectivity index (χ0n) is 18.3. The van der Waals surface area contributed by atoms with Gasteiger partial charge in [-0.3, -0.25) is 14.3 Å². The molecule has 2 heterocycles. The number of aromatic nitrogens is 3.